The number of carbonyl (C=O) groups is 2. The molecule has 2 rings (SSSR count). The molecule has 0 aliphatic rings. The first-order valence-electron chi connectivity index (χ1n) is 7.75. The van der Waals surface area contributed by atoms with Crippen molar-refractivity contribution in [3.8, 4) is 5.75 Å². The highest BCUT2D eigenvalue weighted by Gasteiger charge is 2.07. The van der Waals surface area contributed by atoms with Crippen LogP contribution in [0, 0.1) is 0 Å². The Bertz CT molecular complexity index is 723. The Morgan fingerprint density at radius 2 is 1.80 bits per heavy atom. The maximum atomic E-state index is 12.0. The fraction of sp³-hybridized carbons (Fsp3) is 0.222. The summed E-state index contributed by atoms with van der Waals surface area (Å²) in [6.45, 7) is 2.38. The van der Waals surface area contributed by atoms with Crippen LogP contribution in [0.3, 0.4) is 0 Å². The first-order chi connectivity index (χ1) is 12.1. The molecule has 0 saturated carbocycles. The van der Waals surface area contributed by atoms with Crippen LogP contribution in [0.2, 0.25) is 5.02 Å². The van der Waals surface area contributed by atoms with E-state index < -0.39 is 0 Å². The lowest BCUT2D eigenvalue weighted by Gasteiger charge is -2.08. The molecule has 0 fully saturated rings. The summed E-state index contributed by atoms with van der Waals surface area (Å²) in [5.74, 6) is 0.534. The van der Waals surface area contributed by atoms with Gasteiger partial charge in [0.1, 0.15) is 5.75 Å². The smallest absolute Gasteiger partial charge is 0.257 e. The van der Waals surface area contributed by atoms with Gasteiger partial charge in [0, 0.05) is 17.1 Å². The zero-order chi connectivity index (χ0) is 18.1. The second-order valence-corrected chi connectivity index (χ2v) is 6.46. The molecule has 2 amide bonds. The molecule has 0 spiro atoms. The van der Waals surface area contributed by atoms with Gasteiger partial charge in [-0.3, -0.25) is 9.59 Å². The molecular formula is C18H19ClN2O3S. The Morgan fingerprint density at radius 3 is 2.48 bits per heavy atom. The fourth-order valence-corrected chi connectivity index (χ4v) is 2.97. The highest BCUT2D eigenvalue weighted by atomic mass is 35.5. The molecule has 2 aromatic rings. The third kappa shape index (κ3) is 6.68. The third-order valence-corrected chi connectivity index (χ3v) is 4.59. The lowest BCUT2D eigenvalue weighted by Crippen LogP contribution is -2.28. The minimum absolute atomic E-state index is 0.0337. The minimum Gasteiger partial charge on any atom is -0.484 e. The van der Waals surface area contributed by atoms with E-state index in [0.29, 0.717) is 23.0 Å². The van der Waals surface area contributed by atoms with Crippen LogP contribution in [0.5, 0.6) is 5.75 Å². The van der Waals surface area contributed by atoms with Gasteiger partial charge in [-0.1, -0.05) is 23.7 Å². The average molecular weight is 379 g/mol. The molecular weight excluding hydrogens is 360 g/mol. The van der Waals surface area contributed by atoms with Gasteiger partial charge in [0.05, 0.1) is 10.8 Å². The van der Waals surface area contributed by atoms with Crippen molar-refractivity contribution in [2.45, 2.75) is 11.8 Å². The monoisotopic (exact) mass is 378 g/mol. The van der Waals surface area contributed by atoms with Crippen LogP contribution in [-0.4, -0.2) is 30.7 Å². The molecule has 0 unspecified atom stereocenters. The highest BCUT2D eigenvalue weighted by molar-refractivity contribution is 8.00. The molecule has 132 valence electrons. The topological polar surface area (TPSA) is 67.4 Å². The summed E-state index contributed by atoms with van der Waals surface area (Å²) in [6.07, 6.45) is 0. The lowest BCUT2D eigenvalue weighted by atomic mass is 10.3. The number of amides is 2. The van der Waals surface area contributed by atoms with Gasteiger partial charge in [-0.2, -0.15) is 0 Å². The molecule has 0 aliphatic heterocycles. The molecule has 0 aliphatic carbocycles. The van der Waals surface area contributed by atoms with Gasteiger partial charge in [0.2, 0.25) is 5.91 Å². The summed E-state index contributed by atoms with van der Waals surface area (Å²) in [5, 5.41) is 6.09. The van der Waals surface area contributed by atoms with Crippen LogP contribution in [0.25, 0.3) is 0 Å². The van der Waals surface area contributed by atoms with E-state index >= 15 is 0 Å². The number of anilines is 1. The molecule has 0 saturated heterocycles. The van der Waals surface area contributed by atoms with Gasteiger partial charge in [-0.05, 0) is 43.3 Å². The van der Waals surface area contributed by atoms with Gasteiger partial charge in [0.25, 0.3) is 5.91 Å². The summed E-state index contributed by atoms with van der Waals surface area (Å²) in [4.78, 5) is 24.2. The number of benzene rings is 2. The maximum Gasteiger partial charge on any atom is 0.257 e. The van der Waals surface area contributed by atoms with E-state index in [-0.39, 0.29) is 24.2 Å². The van der Waals surface area contributed by atoms with Crippen LogP contribution in [0.15, 0.2) is 53.4 Å². The number of likely N-dealkylation sites (N-methyl/N-ethyl adjacent to an activating group) is 1. The van der Waals surface area contributed by atoms with Crippen LogP contribution < -0.4 is 15.4 Å². The Morgan fingerprint density at radius 1 is 1.08 bits per heavy atom. The number of carbonyl (C=O) groups excluding carboxylic acids is 2. The molecule has 0 radical (unpaired) electrons. The van der Waals surface area contributed by atoms with Crippen molar-refractivity contribution in [1.29, 1.82) is 0 Å². The average Bonchev–Trinajstić information content (AvgIpc) is 2.61. The molecule has 0 aromatic heterocycles. The zero-order valence-electron chi connectivity index (χ0n) is 13.8. The van der Waals surface area contributed by atoms with Crippen molar-refractivity contribution in [1.82, 2.24) is 5.32 Å². The number of halogens is 1. The number of ether oxygens (including phenoxy) is 1. The summed E-state index contributed by atoms with van der Waals surface area (Å²) >= 11 is 7.44. The van der Waals surface area contributed by atoms with Crippen molar-refractivity contribution in [3.63, 3.8) is 0 Å². The van der Waals surface area contributed by atoms with Crippen LogP contribution in [0.4, 0.5) is 5.69 Å². The first kappa shape index (κ1) is 19.1. The second-order valence-electron chi connectivity index (χ2n) is 5.03. The van der Waals surface area contributed by atoms with E-state index in [2.05, 4.69) is 10.6 Å². The molecule has 7 heteroatoms. The van der Waals surface area contributed by atoms with Crippen molar-refractivity contribution in [2.24, 2.45) is 0 Å². The second kappa shape index (κ2) is 9.96. The Kier molecular flexibility index (Phi) is 7.63. The zero-order valence-corrected chi connectivity index (χ0v) is 15.3. The van der Waals surface area contributed by atoms with Gasteiger partial charge < -0.3 is 15.4 Å². The van der Waals surface area contributed by atoms with E-state index in [0.717, 1.165) is 4.90 Å². The Balaban J connectivity index is 1.79. The largest absolute Gasteiger partial charge is 0.484 e. The van der Waals surface area contributed by atoms with Crippen molar-refractivity contribution >= 4 is 40.9 Å². The summed E-state index contributed by atoms with van der Waals surface area (Å²) in [7, 11) is 0. The van der Waals surface area contributed by atoms with Crippen molar-refractivity contribution in [3.05, 3.63) is 53.6 Å². The molecule has 2 N–H and O–H groups in total. The van der Waals surface area contributed by atoms with Crippen LogP contribution in [-0.2, 0) is 9.59 Å². The molecule has 2 aromatic carbocycles. The van der Waals surface area contributed by atoms with Crippen LogP contribution >= 0.6 is 23.4 Å². The molecule has 5 nitrogen and oxygen atoms in total. The van der Waals surface area contributed by atoms with Gasteiger partial charge in [-0.15, -0.1) is 11.8 Å². The lowest BCUT2D eigenvalue weighted by molar-refractivity contribution is -0.123. The predicted molar refractivity (Wildman–Crippen MR) is 101 cm³/mol. The summed E-state index contributed by atoms with van der Waals surface area (Å²) in [6, 6.07) is 14.3. The number of rotatable bonds is 8. The molecule has 0 heterocycles. The van der Waals surface area contributed by atoms with Gasteiger partial charge in [-0.25, -0.2) is 0 Å². The normalized spacial score (nSPS) is 10.2. The number of hydrogen-bond donors (Lipinski definition) is 2. The molecule has 0 atom stereocenters. The summed E-state index contributed by atoms with van der Waals surface area (Å²) < 4.78 is 5.36. The number of nitrogens with one attached hydrogen (secondary N) is 2. The maximum absolute atomic E-state index is 12.0. The van der Waals surface area contributed by atoms with E-state index in [1.807, 2.05) is 25.1 Å². The van der Waals surface area contributed by atoms with E-state index in [9.17, 15) is 9.59 Å². The minimum atomic E-state index is -0.170. The SMILES string of the molecule is CCNC(=O)COc1ccc(NC(=O)CSc2ccccc2Cl)cc1. The van der Waals surface area contributed by atoms with Crippen molar-refractivity contribution < 1.29 is 14.3 Å². The van der Waals surface area contributed by atoms with Crippen LogP contribution in [0.1, 0.15) is 6.92 Å². The Hall–Kier alpha value is -2.18. The number of thioether (sulfide) groups is 1. The molecule has 0 bridgehead atoms. The fourth-order valence-electron chi connectivity index (χ4n) is 1.93. The highest BCUT2D eigenvalue weighted by Crippen LogP contribution is 2.26. The van der Waals surface area contributed by atoms with Gasteiger partial charge in [0.15, 0.2) is 6.61 Å². The van der Waals surface area contributed by atoms with E-state index in [4.69, 9.17) is 16.3 Å². The van der Waals surface area contributed by atoms with Gasteiger partial charge >= 0.3 is 0 Å². The number of hydrogen-bond acceptors (Lipinski definition) is 4. The van der Waals surface area contributed by atoms with E-state index in [1.54, 1.807) is 30.3 Å². The molecule has 25 heavy (non-hydrogen) atoms. The first-order valence-corrected chi connectivity index (χ1v) is 9.11. The quantitative estimate of drug-likeness (QED) is 0.689. The third-order valence-electron chi connectivity index (χ3n) is 3.08. The Labute approximate surface area is 156 Å². The standard InChI is InChI=1S/C18H19ClN2O3S/c1-2-20-17(22)11-24-14-9-7-13(8-10-14)21-18(23)12-25-16-6-4-3-5-15(16)19/h3-10H,2,11-12H2,1H3,(H,20,22)(H,21,23). The predicted octanol–water partition coefficient (Wildman–Crippen LogP) is 3.59. The van der Waals surface area contributed by atoms with Crippen molar-refractivity contribution in [2.75, 3.05) is 24.2 Å². The van der Waals surface area contributed by atoms with E-state index in [1.165, 1.54) is 11.8 Å². The summed E-state index contributed by atoms with van der Waals surface area (Å²) in [5.41, 5.74) is 0.662.